The van der Waals surface area contributed by atoms with Crippen molar-refractivity contribution in [2.45, 2.75) is 46.5 Å². The van der Waals surface area contributed by atoms with E-state index < -0.39 is 0 Å². The summed E-state index contributed by atoms with van der Waals surface area (Å²) in [6.07, 6.45) is 11.2. The Kier molecular flexibility index (Phi) is 7.38. The largest absolute Gasteiger partial charge is 0.0958 e. The van der Waals surface area contributed by atoms with Gasteiger partial charge in [0.25, 0.3) is 0 Å². The average molecular weight is 178 g/mol. The number of hydrogen-bond donors (Lipinski definition) is 0. The topological polar surface area (TPSA) is 0 Å². The highest BCUT2D eigenvalue weighted by molar-refractivity contribution is 5.25. The van der Waals surface area contributed by atoms with E-state index in [4.69, 9.17) is 0 Å². The van der Waals surface area contributed by atoms with E-state index in [1.54, 1.807) is 0 Å². The zero-order valence-electron chi connectivity index (χ0n) is 9.27. The van der Waals surface area contributed by atoms with Crippen molar-refractivity contribution in [3.05, 3.63) is 36.0 Å². The lowest BCUT2D eigenvalue weighted by Crippen LogP contribution is -1.78. The first kappa shape index (κ1) is 12.2. The Morgan fingerprint density at radius 3 is 2.38 bits per heavy atom. The first-order valence-electron chi connectivity index (χ1n) is 5.25. The summed E-state index contributed by atoms with van der Waals surface area (Å²) in [5.41, 5.74) is 2.63. The number of rotatable bonds is 6. The smallest absolute Gasteiger partial charge is 0.0285 e. The van der Waals surface area contributed by atoms with Crippen molar-refractivity contribution in [2.75, 3.05) is 0 Å². The van der Waals surface area contributed by atoms with Crippen molar-refractivity contribution < 1.29 is 0 Å². The maximum Gasteiger partial charge on any atom is -0.0285 e. The molecule has 74 valence electrons. The van der Waals surface area contributed by atoms with Crippen LogP contribution in [0.15, 0.2) is 36.0 Å². The van der Waals surface area contributed by atoms with E-state index in [1.807, 2.05) is 0 Å². The van der Waals surface area contributed by atoms with Gasteiger partial charge in [-0.1, -0.05) is 56.2 Å². The normalized spacial score (nSPS) is 12.4. The molecule has 0 aromatic heterocycles. The molecule has 0 nitrogen and oxygen atoms in total. The lowest BCUT2D eigenvalue weighted by molar-refractivity contribution is 0.799. The van der Waals surface area contributed by atoms with Gasteiger partial charge in [0.15, 0.2) is 0 Å². The third kappa shape index (κ3) is 6.39. The van der Waals surface area contributed by atoms with Crippen molar-refractivity contribution in [1.29, 1.82) is 0 Å². The Balaban J connectivity index is 3.89. The number of unbranched alkanes of at least 4 members (excludes halogenated alkanes) is 1. The maximum absolute atomic E-state index is 4.02. The molecule has 0 atom stereocenters. The van der Waals surface area contributed by atoms with E-state index in [0.717, 1.165) is 12.8 Å². The van der Waals surface area contributed by atoms with Crippen LogP contribution >= 0.6 is 0 Å². The van der Waals surface area contributed by atoms with Crippen LogP contribution in [-0.2, 0) is 0 Å². The van der Waals surface area contributed by atoms with Crippen LogP contribution in [0, 0.1) is 0 Å². The van der Waals surface area contributed by atoms with Crippen molar-refractivity contribution in [1.82, 2.24) is 0 Å². The molecule has 0 unspecified atom stereocenters. The first-order valence-corrected chi connectivity index (χ1v) is 5.25. The van der Waals surface area contributed by atoms with Crippen LogP contribution in [0.1, 0.15) is 46.5 Å². The number of hydrogen-bond acceptors (Lipinski definition) is 0. The summed E-state index contributed by atoms with van der Waals surface area (Å²) >= 11 is 0. The Hall–Kier alpha value is -0.780. The Morgan fingerprint density at radius 2 is 1.92 bits per heavy atom. The fourth-order valence-corrected chi connectivity index (χ4v) is 1.13. The second-order valence-electron chi connectivity index (χ2n) is 3.31. The highest BCUT2D eigenvalue weighted by atomic mass is 14.0. The van der Waals surface area contributed by atoms with E-state index in [1.165, 1.54) is 24.0 Å². The van der Waals surface area contributed by atoms with Gasteiger partial charge in [-0.3, -0.25) is 0 Å². The second kappa shape index (κ2) is 7.85. The molecule has 13 heavy (non-hydrogen) atoms. The second-order valence-corrected chi connectivity index (χ2v) is 3.31. The van der Waals surface area contributed by atoms with Crippen molar-refractivity contribution >= 4 is 0 Å². The molecule has 0 rings (SSSR count). The van der Waals surface area contributed by atoms with Gasteiger partial charge >= 0.3 is 0 Å². The standard InChI is InChI=1S/C13H22/c1-5-8-9-12(4)10-11-13(6-2)7-3/h6,10-11H,4-5,7-9H2,1-3H3/b11-10-,13-6-. The minimum Gasteiger partial charge on any atom is -0.0958 e. The summed E-state index contributed by atoms with van der Waals surface area (Å²) in [4.78, 5) is 0. The molecule has 0 saturated heterocycles. The molecular formula is C13H22. The average Bonchev–Trinajstić information content (AvgIpc) is 2.16. The van der Waals surface area contributed by atoms with E-state index in [2.05, 4.69) is 45.6 Å². The molecule has 0 bridgehead atoms. The third-order valence-electron chi connectivity index (χ3n) is 2.16. The van der Waals surface area contributed by atoms with Crippen LogP contribution in [0.3, 0.4) is 0 Å². The van der Waals surface area contributed by atoms with Crippen LogP contribution in [0.25, 0.3) is 0 Å². The Morgan fingerprint density at radius 1 is 1.23 bits per heavy atom. The summed E-state index contributed by atoms with van der Waals surface area (Å²) in [6.45, 7) is 10.5. The summed E-state index contributed by atoms with van der Waals surface area (Å²) in [7, 11) is 0. The molecule has 0 heteroatoms. The predicted molar refractivity (Wildman–Crippen MR) is 61.9 cm³/mol. The van der Waals surface area contributed by atoms with Crippen LogP contribution in [0.4, 0.5) is 0 Å². The molecule has 0 aliphatic rings. The summed E-state index contributed by atoms with van der Waals surface area (Å²) in [6, 6.07) is 0. The molecule has 0 saturated carbocycles. The van der Waals surface area contributed by atoms with Crippen molar-refractivity contribution in [3.63, 3.8) is 0 Å². The SMILES string of the molecule is C=C(/C=C\C(=C/C)CC)CCCC. The molecule has 0 fully saturated rings. The molecule has 0 radical (unpaired) electrons. The van der Waals surface area contributed by atoms with Gasteiger partial charge in [-0.05, 0) is 26.2 Å². The van der Waals surface area contributed by atoms with Crippen molar-refractivity contribution in [3.8, 4) is 0 Å². The molecule has 0 aliphatic carbocycles. The highest BCUT2D eigenvalue weighted by Crippen LogP contribution is 2.09. The van der Waals surface area contributed by atoms with Gasteiger partial charge in [0.05, 0.1) is 0 Å². The molecule has 0 N–H and O–H groups in total. The monoisotopic (exact) mass is 178 g/mol. The fourth-order valence-electron chi connectivity index (χ4n) is 1.13. The Labute approximate surface area is 83.0 Å². The molecule has 0 aliphatic heterocycles. The zero-order valence-corrected chi connectivity index (χ0v) is 9.27. The van der Waals surface area contributed by atoms with Crippen LogP contribution in [0.2, 0.25) is 0 Å². The van der Waals surface area contributed by atoms with E-state index >= 15 is 0 Å². The van der Waals surface area contributed by atoms with Gasteiger partial charge in [-0.15, -0.1) is 0 Å². The molecule has 0 aromatic rings. The minimum absolute atomic E-state index is 1.11. The van der Waals surface area contributed by atoms with Crippen molar-refractivity contribution in [2.24, 2.45) is 0 Å². The summed E-state index contributed by atoms with van der Waals surface area (Å²) in [5.74, 6) is 0. The van der Waals surface area contributed by atoms with Gasteiger partial charge < -0.3 is 0 Å². The minimum atomic E-state index is 1.11. The molecule has 0 heterocycles. The lowest BCUT2D eigenvalue weighted by Gasteiger charge is -1.98. The lowest BCUT2D eigenvalue weighted by atomic mass is 10.1. The van der Waals surface area contributed by atoms with Gasteiger partial charge in [0.2, 0.25) is 0 Å². The van der Waals surface area contributed by atoms with E-state index in [0.29, 0.717) is 0 Å². The van der Waals surface area contributed by atoms with Crippen LogP contribution < -0.4 is 0 Å². The van der Waals surface area contributed by atoms with Crippen LogP contribution in [-0.4, -0.2) is 0 Å². The Bertz CT molecular complexity index is 194. The summed E-state index contributed by atoms with van der Waals surface area (Å²) in [5, 5.41) is 0. The zero-order chi connectivity index (χ0) is 10.1. The summed E-state index contributed by atoms with van der Waals surface area (Å²) < 4.78 is 0. The van der Waals surface area contributed by atoms with E-state index in [-0.39, 0.29) is 0 Å². The molecule has 0 amide bonds. The van der Waals surface area contributed by atoms with Crippen LogP contribution in [0.5, 0.6) is 0 Å². The number of allylic oxidation sites excluding steroid dienone is 5. The quantitative estimate of drug-likeness (QED) is 0.519. The van der Waals surface area contributed by atoms with E-state index in [9.17, 15) is 0 Å². The van der Waals surface area contributed by atoms with Gasteiger partial charge in [0, 0.05) is 0 Å². The molecule has 0 spiro atoms. The maximum atomic E-state index is 4.02. The molecular weight excluding hydrogens is 156 g/mol. The molecule has 0 aromatic carbocycles. The van der Waals surface area contributed by atoms with Gasteiger partial charge in [-0.25, -0.2) is 0 Å². The van der Waals surface area contributed by atoms with Gasteiger partial charge in [0.1, 0.15) is 0 Å². The van der Waals surface area contributed by atoms with Gasteiger partial charge in [-0.2, -0.15) is 0 Å². The third-order valence-corrected chi connectivity index (χ3v) is 2.16. The highest BCUT2D eigenvalue weighted by Gasteiger charge is 1.89. The predicted octanol–water partition coefficient (Wildman–Crippen LogP) is 4.65. The first-order chi connectivity index (χ1) is 6.24. The fraction of sp³-hybridized carbons (Fsp3) is 0.538.